The fourth-order valence-corrected chi connectivity index (χ4v) is 6.40. The zero-order valence-electron chi connectivity index (χ0n) is 28.3. The maximum Gasteiger partial charge on any atom is 0.309 e. The van der Waals surface area contributed by atoms with Crippen LogP contribution in [0.5, 0.6) is 0 Å². The number of sulfonamides is 1. The zero-order chi connectivity index (χ0) is 33.9. The quantitative estimate of drug-likeness (QED) is 0.146. The fraction of sp³-hybridized carbons (Fsp3) is 0.871. The third-order valence-electron chi connectivity index (χ3n) is 7.85. The topological polar surface area (TPSA) is 165 Å². The number of ether oxygens (including phenoxy) is 2. The van der Waals surface area contributed by atoms with E-state index in [9.17, 15) is 32.7 Å². The predicted octanol–water partition coefficient (Wildman–Crippen LogP) is 4.48. The lowest BCUT2D eigenvalue weighted by Gasteiger charge is -2.33. The second-order valence-corrected chi connectivity index (χ2v) is 16.0. The van der Waals surface area contributed by atoms with Crippen LogP contribution in [0.1, 0.15) is 115 Å². The molecule has 0 aliphatic rings. The number of nitrogens with one attached hydrogen (secondary N) is 2. The summed E-state index contributed by atoms with van der Waals surface area (Å²) in [5.41, 5.74) is -3.64. The Hall–Kier alpha value is -2.05. The van der Waals surface area contributed by atoms with Gasteiger partial charge in [-0.15, -0.1) is 0 Å². The third kappa shape index (κ3) is 16.0. The van der Waals surface area contributed by atoms with Crippen LogP contribution in [0.3, 0.4) is 0 Å². The molecule has 0 aromatic carbocycles. The number of Topliss-reactive ketones (excluding diaryl/α,β-unsaturated/α-hetero) is 1. The van der Waals surface area contributed by atoms with Gasteiger partial charge in [-0.25, -0.2) is 8.42 Å². The molecule has 3 N–H and O–H groups in total. The predicted molar refractivity (Wildman–Crippen MR) is 167 cm³/mol. The molecule has 12 heteroatoms. The number of hydrogen-bond acceptors (Lipinski definition) is 8. The van der Waals surface area contributed by atoms with Crippen LogP contribution >= 0.6 is 0 Å². The summed E-state index contributed by atoms with van der Waals surface area (Å²) in [6.07, 6.45) is 2.23. The molecule has 0 spiro atoms. The molecule has 0 rings (SSSR count). The normalized spacial score (nSPS) is 15.7. The van der Waals surface area contributed by atoms with Gasteiger partial charge in [0.2, 0.25) is 21.8 Å². The lowest BCUT2D eigenvalue weighted by molar-refractivity contribution is -0.150. The molecule has 0 aliphatic heterocycles. The van der Waals surface area contributed by atoms with E-state index in [0.717, 1.165) is 0 Å². The third-order valence-corrected chi connectivity index (χ3v) is 9.36. The molecule has 252 valence electrons. The number of carbonyl (C=O) groups is 4. The van der Waals surface area contributed by atoms with E-state index in [4.69, 9.17) is 9.47 Å². The lowest BCUT2D eigenvalue weighted by Crippen LogP contribution is -2.46. The first kappa shape index (κ1) is 41.0. The SMILES string of the molecule is CCC(C)(CC(C)(C)C(=O)O)C(=O)NS(=O)(=O)CC(C)CC(C)(C)C(=O)NCCOC(C)CCOC(C)(C)CCC(C)=O. The van der Waals surface area contributed by atoms with Crippen molar-refractivity contribution in [2.75, 3.05) is 25.5 Å². The molecule has 0 bridgehead atoms. The van der Waals surface area contributed by atoms with E-state index < -0.39 is 44.1 Å². The van der Waals surface area contributed by atoms with E-state index in [1.54, 1.807) is 41.5 Å². The molecule has 0 saturated heterocycles. The molecule has 3 atom stereocenters. The Balaban J connectivity index is 4.74. The lowest BCUT2D eigenvalue weighted by atomic mass is 9.72. The summed E-state index contributed by atoms with van der Waals surface area (Å²) in [7, 11) is -4.03. The van der Waals surface area contributed by atoms with Crippen molar-refractivity contribution < 1.29 is 42.2 Å². The summed E-state index contributed by atoms with van der Waals surface area (Å²) in [5, 5.41) is 12.3. The number of carbonyl (C=O) groups excluding carboxylic acids is 3. The van der Waals surface area contributed by atoms with Crippen LogP contribution in [0.4, 0.5) is 0 Å². The second kappa shape index (κ2) is 16.9. The molecule has 0 fully saturated rings. The highest BCUT2D eigenvalue weighted by Gasteiger charge is 2.42. The van der Waals surface area contributed by atoms with Crippen molar-refractivity contribution in [3.63, 3.8) is 0 Å². The Morgan fingerprint density at radius 2 is 1.49 bits per heavy atom. The smallest absolute Gasteiger partial charge is 0.309 e. The van der Waals surface area contributed by atoms with Crippen LogP contribution < -0.4 is 10.0 Å². The van der Waals surface area contributed by atoms with E-state index in [2.05, 4.69) is 10.0 Å². The number of carboxylic acid groups (broad SMARTS) is 1. The van der Waals surface area contributed by atoms with Gasteiger partial charge in [0.15, 0.2) is 0 Å². The van der Waals surface area contributed by atoms with Crippen molar-refractivity contribution in [2.45, 2.75) is 126 Å². The highest BCUT2D eigenvalue weighted by Crippen LogP contribution is 2.37. The monoisotopic (exact) mass is 634 g/mol. The van der Waals surface area contributed by atoms with Gasteiger partial charge in [-0.05, 0) is 79.6 Å². The highest BCUT2D eigenvalue weighted by atomic mass is 32.2. The standard InChI is InChI=1S/C31H58N2O9S/c1-12-31(11,21-29(7,8)27(37)38)26(36)33-43(39,40)20-22(2)19-28(5,6)25(35)32-16-18-41-24(4)14-17-42-30(9,10)15-13-23(3)34/h22,24H,12-21H2,1-11H3,(H,32,35)(H,33,36)(H,37,38). The summed E-state index contributed by atoms with van der Waals surface area (Å²) in [4.78, 5) is 48.6. The van der Waals surface area contributed by atoms with Gasteiger partial charge in [0.05, 0.1) is 29.5 Å². The van der Waals surface area contributed by atoms with Gasteiger partial charge in [-0.1, -0.05) is 34.6 Å². The molecule has 0 saturated carbocycles. The molecule has 3 unspecified atom stereocenters. The van der Waals surface area contributed by atoms with Crippen molar-refractivity contribution in [3.8, 4) is 0 Å². The number of amides is 2. The molecular formula is C31H58N2O9S. The summed E-state index contributed by atoms with van der Waals surface area (Å²) in [6.45, 7) is 20.0. The molecule has 2 amide bonds. The van der Waals surface area contributed by atoms with Crippen molar-refractivity contribution in [1.29, 1.82) is 0 Å². The number of carboxylic acids is 1. The van der Waals surface area contributed by atoms with Crippen molar-refractivity contribution >= 4 is 33.6 Å². The van der Waals surface area contributed by atoms with Gasteiger partial charge in [0.25, 0.3) is 0 Å². The summed E-state index contributed by atoms with van der Waals surface area (Å²) in [6, 6.07) is 0. The minimum absolute atomic E-state index is 0.0212. The average Bonchev–Trinajstić information content (AvgIpc) is 2.83. The van der Waals surface area contributed by atoms with E-state index in [0.29, 0.717) is 39.0 Å². The van der Waals surface area contributed by atoms with Gasteiger partial charge in [0, 0.05) is 30.4 Å². The highest BCUT2D eigenvalue weighted by molar-refractivity contribution is 7.90. The molecule has 43 heavy (non-hydrogen) atoms. The Kier molecular flexibility index (Phi) is 16.1. The summed E-state index contributed by atoms with van der Waals surface area (Å²) >= 11 is 0. The van der Waals surface area contributed by atoms with Gasteiger partial charge in [-0.3, -0.25) is 19.1 Å². The maximum absolute atomic E-state index is 13.0. The minimum atomic E-state index is -4.03. The first-order chi connectivity index (χ1) is 19.4. The summed E-state index contributed by atoms with van der Waals surface area (Å²) in [5.74, 6) is -2.69. The van der Waals surface area contributed by atoms with Gasteiger partial charge < -0.3 is 24.7 Å². The number of hydrogen-bond donors (Lipinski definition) is 3. The van der Waals surface area contributed by atoms with Crippen molar-refractivity contribution in [2.24, 2.45) is 22.2 Å². The average molecular weight is 635 g/mol. The molecule has 0 radical (unpaired) electrons. The van der Waals surface area contributed by atoms with E-state index >= 15 is 0 Å². The number of aliphatic carboxylic acids is 1. The van der Waals surface area contributed by atoms with Crippen LogP contribution in [-0.2, 0) is 38.7 Å². The van der Waals surface area contributed by atoms with Crippen LogP contribution in [0.2, 0.25) is 0 Å². The van der Waals surface area contributed by atoms with Crippen LogP contribution in [0, 0.1) is 22.2 Å². The maximum atomic E-state index is 13.0. The van der Waals surface area contributed by atoms with Crippen LogP contribution in [0.25, 0.3) is 0 Å². The zero-order valence-corrected chi connectivity index (χ0v) is 29.2. The molecule has 0 aromatic heterocycles. The van der Waals surface area contributed by atoms with Crippen molar-refractivity contribution in [3.05, 3.63) is 0 Å². The number of ketones is 1. The number of rotatable bonds is 22. The molecular weight excluding hydrogens is 576 g/mol. The minimum Gasteiger partial charge on any atom is -0.481 e. The van der Waals surface area contributed by atoms with Gasteiger partial charge in [-0.2, -0.15) is 0 Å². The molecule has 0 aromatic rings. The van der Waals surface area contributed by atoms with E-state index in [1.807, 2.05) is 20.8 Å². The molecule has 0 aliphatic carbocycles. The first-order valence-electron chi connectivity index (χ1n) is 15.2. The Labute approximate surface area is 259 Å². The van der Waals surface area contributed by atoms with Gasteiger partial charge in [0.1, 0.15) is 5.78 Å². The molecule has 11 nitrogen and oxygen atoms in total. The fourth-order valence-electron chi connectivity index (χ4n) is 4.92. The first-order valence-corrected chi connectivity index (χ1v) is 16.8. The van der Waals surface area contributed by atoms with E-state index in [-0.39, 0.29) is 48.4 Å². The van der Waals surface area contributed by atoms with Gasteiger partial charge >= 0.3 is 5.97 Å². The van der Waals surface area contributed by atoms with Crippen molar-refractivity contribution in [1.82, 2.24) is 10.0 Å². The Bertz CT molecular complexity index is 1050. The van der Waals surface area contributed by atoms with Crippen LogP contribution in [-0.4, -0.2) is 74.3 Å². The largest absolute Gasteiger partial charge is 0.481 e. The Morgan fingerprint density at radius 3 is 2.00 bits per heavy atom. The molecule has 0 heterocycles. The summed E-state index contributed by atoms with van der Waals surface area (Å²) < 4.78 is 39.5. The second-order valence-electron chi connectivity index (χ2n) is 14.2. The van der Waals surface area contributed by atoms with E-state index in [1.165, 1.54) is 13.8 Å². The van der Waals surface area contributed by atoms with Crippen LogP contribution in [0.15, 0.2) is 0 Å². The Morgan fingerprint density at radius 1 is 0.907 bits per heavy atom.